The predicted molar refractivity (Wildman–Crippen MR) is 106 cm³/mol. The first kappa shape index (κ1) is 20.3. The minimum absolute atomic E-state index is 0.113. The molecule has 0 radical (unpaired) electrons. The zero-order valence-electron chi connectivity index (χ0n) is 16.0. The molecule has 0 bridgehead atoms. The molecule has 0 fully saturated rings. The van der Waals surface area contributed by atoms with Crippen molar-refractivity contribution < 1.29 is 19.1 Å². The first-order valence-corrected chi connectivity index (χ1v) is 9.03. The SMILES string of the molecule is CCOC(=O)CN(CC)c1cccc(C)c1NC(=O)OCc1ccccc1. The molecule has 0 atom stereocenters. The van der Waals surface area contributed by atoms with Crippen molar-refractivity contribution in [3.05, 3.63) is 59.7 Å². The smallest absolute Gasteiger partial charge is 0.412 e. The number of nitrogens with zero attached hydrogens (tertiary/aromatic N) is 1. The third-order valence-corrected chi connectivity index (χ3v) is 4.04. The normalized spacial score (nSPS) is 10.2. The van der Waals surface area contributed by atoms with Gasteiger partial charge in [-0.05, 0) is 38.0 Å². The van der Waals surface area contributed by atoms with Gasteiger partial charge in [-0.2, -0.15) is 0 Å². The lowest BCUT2D eigenvalue weighted by molar-refractivity contribution is -0.141. The summed E-state index contributed by atoms with van der Waals surface area (Å²) in [5.41, 5.74) is 3.17. The van der Waals surface area contributed by atoms with Crippen LogP contribution in [0.25, 0.3) is 0 Å². The second-order valence-corrected chi connectivity index (χ2v) is 5.97. The maximum absolute atomic E-state index is 12.3. The summed E-state index contributed by atoms with van der Waals surface area (Å²) in [5, 5.41) is 2.81. The van der Waals surface area contributed by atoms with Crippen LogP contribution in [0.1, 0.15) is 25.0 Å². The highest BCUT2D eigenvalue weighted by Crippen LogP contribution is 2.29. The van der Waals surface area contributed by atoms with Gasteiger partial charge in [0.1, 0.15) is 13.2 Å². The fourth-order valence-corrected chi connectivity index (χ4v) is 2.67. The van der Waals surface area contributed by atoms with Crippen molar-refractivity contribution in [1.82, 2.24) is 0 Å². The highest BCUT2D eigenvalue weighted by Gasteiger charge is 2.17. The Morgan fingerprint density at radius 2 is 1.74 bits per heavy atom. The Labute approximate surface area is 160 Å². The fraction of sp³-hybridized carbons (Fsp3) is 0.333. The molecular formula is C21H26N2O4. The minimum atomic E-state index is -0.540. The number of para-hydroxylation sites is 1. The topological polar surface area (TPSA) is 67.9 Å². The van der Waals surface area contributed by atoms with E-state index in [9.17, 15) is 9.59 Å². The predicted octanol–water partition coefficient (Wildman–Crippen LogP) is 4.13. The van der Waals surface area contributed by atoms with Crippen molar-refractivity contribution in [3.63, 3.8) is 0 Å². The Morgan fingerprint density at radius 1 is 1.00 bits per heavy atom. The van der Waals surface area contributed by atoms with Gasteiger partial charge >= 0.3 is 12.1 Å². The average Bonchev–Trinajstić information content (AvgIpc) is 2.67. The van der Waals surface area contributed by atoms with E-state index in [0.717, 1.165) is 16.8 Å². The number of rotatable bonds is 8. The third-order valence-electron chi connectivity index (χ3n) is 4.04. The van der Waals surface area contributed by atoms with Crippen LogP contribution in [0.5, 0.6) is 0 Å². The lowest BCUT2D eigenvalue weighted by Gasteiger charge is -2.25. The van der Waals surface area contributed by atoms with Gasteiger partial charge < -0.3 is 14.4 Å². The summed E-state index contributed by atoms with van der Waals surface area (Å²) in [6.07, 6.45) is -0.540. The quantitative estimate of drug-likeness (QED) is 0.708. The van der Waals surface area contributed by atoms with Crippen LogP contribution in [0.2, 0.25) is 0 Å². The second kappa shape index (κ2) is 10.2. The number of nitrogens with one attached hydrogen (secondary N) is 1. The summed E-state index contributed by atoms with van der Waals surface area (Å²) in [6, 6.07) is 15.1. The van der Waals surface area contributed by atoms with E-state index in [0.29, 0.717) is 18.8 Å². The maximum atomic E-state index is 12.3. The zero-order chi connectivity index (χ0) is 19.6. The van der Waals surface area contributed by atoms with Gasteiger partial charge in [0.15, 0.2) is 0 Å². The van der Waals surface area contributed by atoms with E-state index in [1.165, 1.54) is 0 Å². The van der Waals surface area contributed by atoms with Gasteiger partial charge in [0, 0.05) is 6.54 Å². The molecule has 1 N–H and O–H groups in total. The highest BCUT2D eigenvalue weighted by atomic mass is 16.5. The lowest BCUT2D eigenvalue weighted by atomic mass is 10.1. The summed E-state index contributed by atoms with van der Waals surface area (Å²) in [6.45, 7) is 6.84. The zero-order valence-corrected chi connectivity index (χ0v) is 16.0. The van der Waals surface area contributed by atoms with Crippen molar-refractivity contribution >= 4 is 23.4 Å². The summed E-state index contributed by atoms with van der Waals surface area (Å²) in [5.74, 6) is -0.307. The lowest BCUT2D eigenvalue weighted by Crippen LogP contribution is -2.32. The van der Waals surface area contributed by atoms with E-state index in [4.69, 9.17) is 9.47 Å². The number of hydrogen-bond donors (Lipinski definition) is 1. The molecule has 2 rings (SSSR count). The van der Waals surface area contributed by atoms with Gasteiger partial charge in [-0.3, -0.25) is 10.1 Å². The first-order chi connectivity index (χ1) is 13.0. The van der Waals surface area contributed by atoms with Gasteiger partial charge in [0.05, 0.1) is 18.0 Å². The number of carbonyl (C=O) groups excluding carboxylic acids is 2. The number of carbonyl (C=O) groups is 2. The Balaban J connectivity index is 2.11. The number of ether oxygens (including phenoxy) is 2. The number of benzene rings is 2. The summed E-state index contributed by atoms with van der Waals surface area (Å²) >= 11 is 0. The Hall–Kier alpha value is -3.02. The summed E-state index contributed by atoms with van der Waals surface area (Å²) in [4.78, 5) is 26.0. The minimum Gasteiger partial charge on any atom is -0.465 e. The second-order valence-electron chi connectivity index (χ2n) is 5.97. The van der Waals surface area contributed by atoms with Crippen molar-refractivity contribution in [1.29, 1.82) is 0 Å². The van der Waals surface area contributed by atoms with E-state index in [-0.39, 0.29) is 19.1 Å². The molecule has 0 saturated heterocycles. The molecule has 2 aromatic carbocycles. The van der Waals surface area contributed by atoms with Crippen molar-refractivity contribution in [2.75, 3.05) is 29.9 Å². The van der Waals surface area contributed by atoms with Crippen LogP contribution in [0.15, 0.2) is 48.5 Å². The number of likely N-dealkylation sites (N-methyl/N-ethyl adjacent to an activating group) is 1. The van der Waals surface area contributed by atoms with Crippen molar-refractivity contribution in [2.24, 2.45) is 0 Å². The van der Waals surface area contributed by atoms with Crippen LogP contribution in [-0.4, -0.2) is 31.8 Å². The molecule has 0 aliphatic carbocycles. The Morgan fingerprint density at radius 3 is 2.41 bits per heavy atom. The van der Waals surface area contributed by atoms with Crippen LogP contribution < -0.4 is 10.2 Å². The van der Waals surface area contributed by atoms with Crippen LogP contribution in [0, 0.1) is 6.92 Å². The molecule has 0 spiro atoms. The number of aryl methyl sites for hydroxylation is 1. The van der Waals surface area contributed by atoms with E-state index in [1.807, 2.05) is 67.3 Å². The number of amides is 1. The Kier molecular flexibility index (Phi) is 7.67. The molecule has 0 heterocycles. The van der Waals surface area contributed by atoms with Crippen molar-refractivity contribution in [3.8, 4) is 0 Å². The fourth-order valence-electron chi connectivity index (χ4n) is 2.67. The molecule has 27 heavy (non-hydrogen) atoms. The van der Waals surface area contributed by atoms with E-state index in [1.54, 1.807) is 6.92 Å². The van der Waals surface area contributed by atoms with Crippen LogP contribution in [0.4, 0.5) is 16.2 Å². The molecular weight excluding hydrogens is 344 g/mol. The van der Waals surface area contributed by atoms with Crippen LogP contribution in [-0.2, 0) is 20.9 Å². The third kappa shape index (κ3) is 6.02. The van der Waals surface area contributed by atoms with E-state index >= 15 is 0 Å². The molecule has 0 aliphatic heterocycles. The Bertz CT molecular complexity index is 762. The molecule has 1 amide bonds. The molecule has 2 aromatic rings. The number of anilines is 2. The molecule has 0 unspecified atom stereocenters. The van der Waals surface area contributed by atoms with E-state index < -0.39 is 6.09 Å². The summed E-state index contributed by atoms with van der Waals surface area (Å²) < 4.78 is 10.4. The van der Waals surface area contributed by atoms with Crippen molar-refractivity contribution in [2.45, 2.75) is 27.4 Å². The highest BCUT2D eigenvalue weighted by molar-refractivity contribution is 5.92. The standard InChI is InChI=1S/C21H26N2O4/c1-4-23(14-19(24)26-5-2)18-13-9-10-16(3)20(18)22-21(25)27-15-17-11-7-6-8-12-17/h6-13H,4-5,14-15H2,1-3H3,(H,22,25). The number of esters is 1. The molecule has 0 aromatic heterocycles. The van der Waals surface area contributed by atoms with E-state index in [2.05, 4.69) is 5.32 Å². The van der Waals surface area contributed by atoms with Gasteiger partial charge in [-0.25, -0.2) is 4.79 Å². The molecule has 0 aliphatic rings. The number of hydrogen-bond acceptors (Lipinski definition) is 5. The van der Waals surface area contributed by atoms with Gasteiger partial charge in [-0.15, -0.1) is 0 Å². The van der Waals surface area contributed by atoms with Gasteiger partial charge in [-0.1, -0.05) is 42.5 Å². The molecule has 0 saturated carbocycles. The maximum Gasteiger partial charge on any atom is 0.412 e. The first-order valence-electron chi connectivity index (χ1n) is 9.03. The van der Waals surface area contributed by atoms with Crippen LogP contribution in [0.3, 0.4) is 0 Å². The molecule has 6 nitrogen and oxygen atoms in total. The largest absolute Gasteiger partial charge is 0.465 e. The molecule has 6 heteroatoms. The van der Waals surface area contributed by atoms with Gasteiger partial charge in [0.2, 0.25) is 0 Å². The van der Waals surface area contributed by atoms with Crippen LogP contribution >= 0.6 is 0 Å². The average molecular weight is 370 g/mol. The summed E-state index contributed by atoms with van der Waals surface area (Å²) in [7, 11) is 0. The molecule has 144 valence electrons. The monoisotopic (exact) mass is 370 g/mol. The van der Waals surface area contributed by atoms with Gasteiger partial charge in [0.25, 0.3) is 0 Å².